The third kappa shape index (κ3) is 8.70. The van der Waals surface area contributed by atoms with Crippen molar-refractivity contribution in [2.75, 3.05) is 0 Å². The molecule has 0 aliphatic rings. The molecule has 8 N–H and O–H groups in total. The smallest absolute Gasteiger partial charge is 0.326 e. The number of carbonyl (C=O) groups excluding carboxylic acids is 3. The molecule has 6 rings (SSSR count). The maximum Gasteiger partial charge on any atom is 0.326 e. The highest BCUT2D eigenvalue weighted by Gasteiger charge is 2.32. The maximum absolute atomic E-state index is 14.3. The van der Waals surface area contributed by atoms with Gasteiger partial charge >= 0.3 is 5.97 Å². The van der Waals surface area contributed by atoms with Crippen molar-refractivity contribution in [3.05, 3.63) is 144 Å². The van der Waals surface area contributed by atoms with Crippen molar-refractivity contribution < 1.29 is 24.3 Å². The largest absolute Gasteiger partial charge is 0.480 e. The Bertz CT molecular complexity index is 2130. The molecule has 0 saturated heterocycles. The van der Waals surface area contributed by atoms with Crippen molar-refractivity contribution in [3.8, 4) is 0 Å². The quantitative estimate of drug-likeness (QED) is 0.0864. The number of para-hydroxylation sites is 2. The number of carbonyl (C=O) groups is 4. The van der Waals surface area contributed by atoms with Crippen molar-refractivity contribution >= 4 is 45.5 Å². The number of aromatic nitrogens is 2. The molecule has 260 valence electrons. The molecule has 0 bridgehead atoms. The number of nitrogens with one attached hydrogen (secondary N) is 5. The van der Waals surface area contributed by atoms with Crippen LogP contribution >= 0.6 is 0 Å². The molecule has 4 atom stereocenters. The molecular formula is C40H40N6O5. The second-order valence-electron chi connectivity index (χ2n) is 12.6. The van der Waals surface area contributed by atoms with E-state index in [4.69, 9.17) is 5.73 Å². The average Bonchev–Trinajstić information content (AvgIpc) is 3.75. The monoisotopic (exact) mass is 684 g/mol. The number of H-pyrrole nitrogens is 2. The lowest BCUT2D eigenvalue weighted by Crippen LogP contribution is -2.58. The van der Waals surface area contributed by atoms with Gasteiger partial charge in [0.25, 0.3) is 0 Å². The summed E-state index contributed by atoms with van der Waals surface area (Å²) in [6.45, 7) is 0. The standard InChI is InChI=1S/C40H40N6O5/c41-31(19-25-11-3-1-4-12-25)37(47)44-34(21-27-23-42-32-17-9-7-15-29(27)32)38(48)45-35(22-28-24-43-33-18-10-8-16-30(28)33)39(49)46-36(40(50)51)20-26-13-5-2-6-14-26/h1-18,23-24,31,34-36,42-43H,19-22,41H2,(H,44,47)(H,45,48)(H,46,49)(H,50,51). The summed E-state index contributed by atoms with van der Waals surface area (Å²) in [6.07, 6.45) is 4.03. The average molecular weight is 685 g/mol. The van der Waals surface area contributed by atoms with Crippen LogP contribution in [0.25, 0.3) is 21.8 Å². The van der Waals surface area contributed by atoms with E-state index in [0.717, 1.165) is 44.1 Å². The zero-order chi connectivity index (χ0) is 35.7. The van der Waals surface area contributed by atoms with Crippen LogP contribution in [0.4, 0.5) is 0 Å². The third-order valence-corrected chi connectivity index (χ3v) is 9.00. The van der Waals surface area contributed by atoms with Gasteiger partial charge in [0.1, 0.15) is 18.1 Å². The van der Waals surface area contributed by atoms with Gasteiger partial charge in [0.15, 0.2) is 0 Å². The lowest BCUT2D eigenvalue weighted by atomic mass is 10.00. The number of carboxylic acid groups (broad SMARTS) is 1. The minimum absolute atomic E-state index is 0.0498. The van der Waals surface area contributed by atoms with Crippen LogP contribution in [0.3, 0.4) is 0 Å². The van der Waals surface area contributed by atoms with Gasteiger partial charge in [-0.15, -0.1) is 0 Å². The Balaban J connectivity index is 1.27. The van der Waals surface area contributed by atoms with Crippen LogP contribution in [0.2, 0.25) is 0 Å². The van der Waals surface area contributed by atoms with Crippen LogP contribution in [-0.2, 0) is 44.9 Å². The molecule has 0 saturated carbocycles. The summed E-state index contributed by atoms with van der Waals surface area (Å²) in [6, 6.07) is 29.0. The van der Waals surface area contributed by atoms with Crippen molar-refractivity contribution in [1.82, 2.24) is 25.9 Å². The molecular weight excluding hydrogens is 644 g/mol. The molecule has 4 unspecified atom stereocenters. The second kappa shape index (κ2) is 16.0. The van der Waals surface area contributed by atoms with Crippen LogP contribution in [0.15, 0.2) is 122 Å². The Morgan fingerprint density at radius 2 is 0.941 bits per heavy atom. The molecule has 11 heteroatoms. The fraction of sp³-hybridized carbons (Fsp3) is 0.200. The first-order valence-electron chi connectivity index (χ1n) is 16.8. The van der Waals surface area contributed by atoms with E-state index in [0.29, 0.717) is 0 Å². The van der Waals surface area contributed by atoms with E-state index in [1.54, 1.807) is 36.7 Å². The van der Waals surface area contributed by atoms with Crippen molar-refractivity contribution in [1.29, 1.82) is 0 Å². The summed E-state index contributed by atoms with van der Waals surface area (Å²) in [5.41, 5.74) is 11.2. The number of hydrogen-bond donors (Lipinski definition) is 7. The highest BCUT2D eigenvalue weighted by molar-refractivity contribution is 5.95. The number of hydrogen-bond acceptors (Lipinski definition) is 5. The number of aromatic amines is 2. The van der Waals surface area contributed by atoms with Gasteiger partial charge in [-0.3, -0.25) is 14.4 Å². The predicted molar refractivity (Wildman–Crippen MR) is 196 cm³/mol. The first kappa shape index (κ1) is 34.7. The van der Waals surface area contributed by atoms with E-state index in [1.165, 1.54) is 0 Å². The zero-order valence-electron chi connectivity index (χ0n) is 27.8. The molecule has 4 aromatic carbocycles. The summed E-state index contributed by atoms with van der Waals surface area (Å²) in [5, 5.41) is 20.1. The maximum atomic E-state index is 14.3. The topological polar surface area (TPSA) is 182 Å². The normalized spacial score (nSPS) is 13.6. The van der Waals surface area contributed by atoms with Crippen LogP contribution < -0.4 is 21.7 Å². The van der Waals surface area contributed by atoms with Gasteiger partial charge in [0.05, 0.1) is 6.04 Å². The minimum atomic E-state index is -1.25. The lowest BCUT2D eigenvalue weighted by molar-refractivity contribution is -0.142. The van der Waals surface area contributed by atoms with E-state index in [1.807, 2.05) is 84.9 Å². The number of nitrogens with two attached hydrogens (primary N) is 1. The zero-order valence-corrected chi connectivity index (χ0v) is 27.8. The summed E-state index contributed by atoms with van der Waals surface area (Å²) in [4.78, 5) is 60.5. The Morgan fingerprint density at radius 3 is 1.43 bits per heavy atom. The molecule has 0 aliphatic heterocycles. The van der Waals surface area contributed by atoms with E-state index in [2.05, 4.69) is 25.9 Å². The van der Waals surface area contributed by atoms with Gasteiger partial charge in [-0.25, -0.2) is 4.79 Å². The number of amides is 3. The molecule has 3 amide bonds. The van der Waals surface area contributed by atoms with Crippen LogP contribution in [-0.4, -0.2) is 62.9 Å². The van der Waals surface area contributed by atoms with Gasteiger partial charge in [0.2, 0.25) is 17.7 Å². The van der Waals surface area contributed by atoms with E-state index in [-0.39, 0.29) is 25.7 Å². The molecule has 0 aliphatic carbocycles. The molecule has 6 aromatic rings. The third-order valence-electron chi connectivity index (χ3n) is 9.00. The van der Waals surface area contributed by atoms with E-state index < -0.39 is 47.9 Å². The highest BCUT2D eigenvalue weighted by Crippen LogP contribution is 2.21. The SMILES string of the molecule is NC(Cc1ccccc1)C(=O)NC(Cc1c[nH]c2ccccc12)C(=O)NC(Cc1c[nH]c2ccccc12)C(=O)NC(Cc1ccccc1)C(=O)O. The summed E-state index contributed by atoms with van der Waals surface area (Å²) in [5.74, 6) is -3.02. The Kier molecular flexibility index (Phi) is 10.9. The Morgan fingerprint density at radius 1 is 0.529 bits per heavy atom. The molecule has 2 aromatic heterocycles. The van der Waals surface area contributed by atoms with Gasteiger partial charge in [0, 0.05) is 53.5 Å². The summed E-state index contributed by atoms with van der Waals surface area (Å²) >= 11 is 0. The molecule has 11 nitrogen and oxygen atoms in total. The second-order valence-corrected chi connectivity index (χ2v) is 12.6. The molecule has 0 fully saturated rings. The number of aliphatic carboxylic acids is 1. The van der Waals surface area contributed by atoms with Crippen LogP contribution in [0.5, 0.6) is 0 Å². The predicted octanol–water partition coefficient (Wildman–Crippen LogP) is 3.79. The number of rotatable bonds is 15. The highest BCUT2D eigenvalue weighted by atomic mass is 16.4. The molecule has 0 spiro atoms. The Hall–Kier alpha value is -6.20. The minimum Gasteiger partial charge on any atom is -0.480 e. The lowest BCUT2D eigenvalue weighted by Gasteiger charge is -2.25. The van der Waals surface area contributed by atoms with Crippen molar-refractivity contribution in [3.63, 3.8) is 0 Å². The number of benzene rings is 4. The van der Waals surface area contributed by atoms with Gasteiger partial charge in [-0.2, -0.15) is 0 Å². The molecule has 0 radical (unpaired) electrons. The summed E-state index contributed by atoms with van der Waals surface area (Å²) < 4.78 is 0. The summed E-state index contributed by atoms with van der Waals surface area (Å²) in [7, 11) is 0. The molecule has 2 heterocycles. The first-order valence-corrected chi connectivity index (χ1v) is 16.8. The Labute approximate surface area is 294 Å². The van der Waals surface area contributed by atoms with E-state index in [9.17, 15) is 24.3 Å². The van der Waals surface area contributed by atoms with E-state index >= 15 is 0 Å². The number of fused-ring (bicyclic) bond motifs is 2. The fourth-order valence-electron chi connectivity index (χ4n) is 6.29. The van der Waals surface area contributed by atoms with Crippen molar-refractivity contribution in [2.24, 2.45) is 5.73 Å². The first-order chi connectivity index (χ1) is 24.7. The van der Waals surface area contributed by atoms with Gasteiger partial charge in [-0.1, -0.05) is 97.1 Å². The fourth-order valence-corrected chi connectivity index (χ4v) is 6.29. The number of carboxylic acids is 1. The van der Waals surface area contributed by atoms with Crippen LogP contribution in [0.1, 0.15) is 22.3 Å². The van der Waals surface area contributed by atoms with Gasteiger partial charge < -0.3 is 36.8 Å². The van der Waals surface area contributed by atoms with Gasteiger partial charge in [-0.05, 0) is 40.8 Å². The van der Waals surface area contributed by atoms with Crippen LogP contribution in [0, 0.1) is 0 Å². The van der Waals surface area contributed by atoms with Crippen molar-refractivity contribution in [2.45, 2.75) is 49.9 Å². The molecule has 51 heavy (non-hydrogen) atoms.